The van der Waals surface area contributed by atoms with Crippen LogP contribution >= 0.6 is 0 Å². The fourth-order valence-corrected chi connectivity index (χ4v) is 5.37. The Labute approximate surface area is 162 Å². The molecule has 2 aliphatic carbocycles. The van der Waals surface area contributed by atoms with Crippen LogP contribution in [0, 0.1) is 16.7 Å². The number of fused-ring (bicyclic) bond motifs is 1. The van der Waals surface area contributed by atoms with Gasteiger partial charge in [-0.15, -0.1) is 0 Å². The minimum absolute atomic E-state index is 0.201. The van der Waals surface area contributed by atoms with E-state index in [4.69, 9.17) is 4.74 Å². The van der Waals surface area contributed by atoms with E-state index in [1.54, 1.807) is 13.0 Å². The van der Waals surface area contributed by atoms with Crippen LogP contribution in [0.4, 0.5) is 0 Å². The van der Waals surface area contributed by atoms with Crippen molar-refractivity contribution in [1.29, 1.82) is 0 Å². The lowest BCUT2D eigenvalue weighted by Crippen LogP contribution is -2.70. The van der Waals surface area contributed by atoms with Gasteiger partial charge in [-0.3, -0.25) is 4.79 Å². The first-order valence-corrected chi connectivity index (χ1v) is 10.1. The van der Waals surface area contributed by atoms with E-state index in [9.17, 15) is 25.2 Å². The average Bonchev–Trinajstić information content (AvgIpc) is 2.61. The number of aliphatic hydroxyl groups excluding tert-OH is 3. The van der Waals surface area contributed by atoms with E-state index in [1.807, 2.05) is 13.8 Å². The van der Waals surface area contributed by atoms with Crippen molar-refractivity contribution in [2.75, 3.05) is 13.2 Å². The number of carbonyl (C=O) groups is 1. The van der Waals surface area contributed by atoms with Crippen molar-refractivity contribution in [3.8, 4) is 0 Å². The quantitative estimate of drug-likeness (QED) is 0.304. The summed E-state index contributed by atoms with van der Waals surface area (Å²) in [5.41, 5.74) is -3.05. The highest BCUT2D eigenvalue weighted by molar-refractivity contribution is 5.69. The van der Waals surface area contributed by atoms with Crippen LogP contribution in [0.15, 0.2) is 11.6 Å². The predicted octanol–water partition coefficient (Wildman–Crippen LogP) is 1.94. The van der Waals surface area contributed by atoms with Gasteiger partial charge in [-0.2, -0.15) is 0 Å². The van der Waals surface area contributed by atoms with Gasteiger partial charge in [0.15, 0.2) is 0 Å². The molecule has 0 unspecified atom stereocenters. The van der Waals surface area contributed by atoms with Crippen LogP contribution in [-0.2, 0) is 9.53 Å². The fraction of sp³-hybridized carbons (Fsp3) is 0.857. The predicted molar refractivity (Wildman–Crippen MR) is 102 cm³/mol. The molecule has 4 N–H and O–H groups in total. The van der Waals surface area contributed by atoms with Crippen LogP contribution in [0.5, 0.6) is 0 Å². The molecule has 27 heavy (non-hydrogen) atoms. The van der Waals surface area contributed by atoms with Gasteiger partial charge < -0.3 is 25.2 Å². The molecule has 2 aliphatic rings. The van der Waals surface area contributed by atoms with Gasteiger partial charge in [0, 0.05) is 17.8 Å². The maximum Gasteiger partial charge on any atom is 0.306 e. The Morgan fingerprint density at radius 1 is 1.26 bits per heavy atom. The summed E-state index contributed by atoms with van der Waals surface area (Å²) in [7, 11) is 0. The van der Waals surface area contributed by atoms with Gasteiger partial charge in [0.05, 0.1) is 19.3 Å². The Hall–Kier alpha value is -0.950. The molecular weight excluding hydrogens is 348 g/mol. The standard InChI is InChI=1S/C21H36O6/c1-5-6-7-8-17(25)27-15-11-14(12-22)21(26,13-23)20(4)16(24)9-10-19(2,3)18(15)20/h11,15-16,18,22-24,26H,5-10,12-13H2,1-4H3/t15-,16-,18-,20-,21-/m0/s1. The lowest BCUT2D eigenvalue weighted by molar-refractivity contribution is -0.237. The van der Waals surface area contributed by atoms with Crippen LogP contribution in [0.1, 0.15) is 66.2 Å². The van der Waals surface area contributed by atoms with Crippen LogP contribution in [0.25, 0.3) is 0 Å². The zero-order chi connectivity index (χ0) is 20.5. The largest absolute Gasteiger partial charge is 0.458 e. The molecule has 5 atom stereocenters. The fourth-order valence-electron chi connectivity index (χ4n) is 5.37. The first-order valence-electron chi connectivity index (χ1n) is 10.1. The van der Waals surface area contributed by atoms with Crippen molar-refractivity contribution in [2.45, 2.75) is 84.0 Å². The number of esters is 1. The molecule has 0 aromatic heterocycles. The van der Waals surface area contributed by atoms with Gasteiger partial charge in [-0.25, -0.2) is 0 Å². The van der Waals surface area contributed by atoms with Crippen LogP contribution in [-0.4, -0.2) is 57.4 Å². The Morgan fingerprint density at radius 3 is 2.48 bits per heavy atom. The number of hydrogen-bond acceptors (Lipinski definition) is 6. The molecule has 0 radical (unpaired) electrons. The van der Waals surface area contributed by atoms with Crippen molar-refractivity contribution in [1.82, 2.24) is 0 Å². The highest BCUT2D eigenvalue weighted by atomic mass is 16.5. The molecule has 0 aromatic rings. The summed E-state index contributed by atoms with van der Waals surface area (Å²) in [6.07, 6.45) is 4.26. The molecule has 0 aliphatic heterocycles. The van der Waals surface area contributed by atoms with Crippen LogP contribution < -0.4 is 0 Å². The zero-order valence-corrected chi connectivity index (χ0v) is 17.1. The van der Waals surface area contributed by atoms with Crippen molar-refractivity contribution < 1.29 is 30.0 Å². The Balaban J connectivity index is 2.46. The zero-order valence-electron chi connectivity index (χ0n) is 17.1. The number of carbonyl (C=O) groups excluding carboxylic acids is 1. The molecule has 0 heterocycles. The lowest BCUT2D eigenvalue weighted by atomic mass is 9.45. The van der Waals surface area contributed by atoms with Crippen molar-refractivity contribution in [2.24, 2.45) is 16.7 Å². The van der Waals surface area contributed by atoms with Gasteiger partial charge in [-0.05, 0) is 36.3 Å². The highest BCUT2D eigenvalue weighted by Gasteiger charge is 2.66. The summed E-state index contributed by atoms with van der Waals surface area (Å²) in [6.45, 7) is 6.79. The number of hydrogen-bond donors (Lipinski definition) is 4. The van der Waals surface area contributed by atoms with E-state index in [0.29, 0.717) is 19.3 Å². The SMILES string of the molecule is CCCCCC(=O)O[C@H]1C=C(CO)[C@@](O)(CO)[C@@]2(C)[C@@H](O)CCC(C)(C)[C@H]12. The normalized spacial score (nSPS) is 38.1. The second-order valence-corrected chi connectivity index (χ2v) is 9.08. The maximum absolute atomic E-state index is 12.4. The first kappa shape index (κ1) is 22.3. The summed E-state index contributed by atoms with van der Waals surface area (Å²) in [4.78, 5) is 12.4. The van der Waals surface area contributed by atoms with Crippen molar-refractivity contribution in [3.05, 3.63) is 11.6 Å². The summed E-state index contributed by atoms with van der Waals surface area (Å²) in [5, 5.41) is 42.1. The molecule has 6 heteroatoms. The van der Waals surface area contributed by atoms with E-state index in [-0.39, 0.29) is 17.0 Å². The van der Waals surface area contributed by atoms with Crippen LogP contribution in [0.3, 0.4) is 0 Å². The summed E-state index contributed by atoms with van der Waals surface area (Å²) < 4.78 is 5.80. The third kappa shape index (κ3) is 3.69. The number of rotatable bonds is 7. The van der Waals surface area contributed by atoms with Gasteiger partial charge in [0.1, 0.15) is 11.7 Å². The second kappa shape index (κ2) is 8.19. The minimum atomic E-state index is -1.77. The Morgan fingerprint density at radius 2 is 1.93 bits per heavy atom. The molecule has 0 spiro atoms. The van der Waals surface area contributed by atoms with E-state index < -0.39 is 42.4 Å². The maximum atomic E-state index is 12.4. The van der Waals surface area contributed by atoms with E-state index in [2.05, 4.69) is 6.92 Å². The topological polar surface area (TPSA) is 107 Å². The number of unbranched alkanes of at least 4 members (excludes halogenated alkanes) is 2. The minimum Gasteiger partial charge on any atom is -0.458 e. The van der Waals surface area contributed by atoms with E-state index >= 15 is 0 Å². The Kier molecular flexibility index (Phi) is 6.78. The van der Waals surface area contributed by atoms with Gasteiger partial charge >= 0.3 is 5.97 Å². The average molecular weight is 385 g/mol. The first-order chi connectivity index (χ1) is 12.6. The molecule has 2 rings (SSSR count). The second-order valence-electron chi connectivity index (χ2n) is 9.08. The van der Waals surface area contributed by atoms with Gasteiger partial charge in [0.2, 0.25) is 0 Å². The molecule has 6 nitrogen and oxygen atoms in total. The van der Waals surface area contributed by atoms with Gasteiger partial charge in [0.25, 0.3) is 0 Å². The van der Waals surface area contributed by atoms with Crippen molar-refractivity contribution >= 4 is 5.97 Å². The number of ether oxygens (including phenoxy) is 1. The molecule has 156 valence electrons. The smallest absolute Gasteiger partial charge is 0.306 e. The van der Waals surface area contributed by atoms with E-state index in [0.717, 1.165) is 19.3 Å². The van der Waals surface area contributed by atoms with Gasteiger partial charge in [-0.1, -0.05) is 40.5 Å². The third-order valence-electron chi connectivity index (χ3n) is 7.01. The Bertz CT molecular complexity index is 571. The van der Waals surface area contributed by atoms with Crippen LogP contribution in [0.2, 0.25) is 0 Å². The van der Waals surface area contributed by atoms with Crippen molar-refractivity contribution in [3.63, 3.8) is 0 Å². The molecule has 0 saturated heterocycles. The lowest BCUT2D eigenvalue weighted by Gasteiger charge is -2.63. The highest BCUT2D eigenvalue weighted by Crippen LogP contribution is 2.61. The summed E-state index contributed by atoms with van der Waals surface area (Å²) in [5.74, 6) is -0.703. The molecule has 1 saturated carbocycles. The summed E-state index contributed by atoms with van der Waals surface area (Å²) >= 11 is 0. The monoisotopic (exact) mass is 384 g/mol. The third-order valence-corrected chi connectivity index (χ3v) is 7.01. The summed E-state index contributed by atoms with van der Waals surface area (Å²) in [6, 6.07) is 0. The van der Waals surface area contributed by atoms with E-state index in [1.165, 1.54) is 0 Å². The molecule has 0 amide bonds. The molecule has 0 aromatic carbocycles. The molecule has 0 bridgehead atoms. The number of aliphatic hydroxyl groups is 4. The molecule has 1 fully saturated rings. The molecular formula is C21H36O6.